The number of rotatable bonds is 14. The lowest BCUT2D eigenvalue weighted by Crippen LogP contribution is -2.59. The Morgan fingerprint density at radius 3 is 1.77 bits per heavy atom. The molecule has 0 bridgehead atoms. The third kappa shape index (κ3) is 11.7. The Kier molecular flexibility index (Phi) is 14.5. The van der Waals surface area contributed by atoms with Crippen LogP contribution in [0.15, 0.2) is 66.9 Å². The number of piperazine rings is 3. The molecule has 1 unspecified atom stereocenters. The van der Waals surface area contributed by atoms with Gasteiger partial charge in [-0.15, -0.1) is 0 Å². The van der Waals surface area contributed by atoms with Crippen molar-refractivity contribution in [2.75, 3.05) is 166 Å². The van der Waals surface area contributed by atoms with Gasteiger partial charge in [0.1, 0.15) is 5.82 Å². The van der Waals surface area contributed by atoms with E-state index in [2.05, 4.69) is 132 Å². The van der Waals surface area contributed by atoms with Gasteiger partial charge in [0.2, 0.25) is 0 Å². The molecule has 7 heterocycles. The summed E-state index contributed by atoms with van der Waals surface area (Å²) in [6, 6.07) is 23.9. The summed E-state index contributed by atoms with van der Waals surface area (Å²) in [5.41, 5.74) is 7.01. The highest BCUT2D eigenvalue weighted by atomic mass is 15.3. The Labute approximate surface area is 369 Å². The standard InChI is InChI=1S/C51H78N10/c1-42-7-10-48(11-8-42)61-39-47(40-61)38-60-32-27-55(22-17-43-5-4-6-49(33-43)58-28-23-56(24-29-58)36-44-13-18-53(2)19-14-44)41-50(60)34-46-9-12-51(52-35-46)59-30-25-57(26-31-59)37-45-15-20-54(3)21-16-45/h4-12,33,35,44-45,47,50H,13-32,34,36-41H2,1-3H3. The van der Waals surface area contributed by atoms with Gasteiger partial charge in [0.05, 0.1) is 0 Å². The molecule has 6 saturated heterocycles. The van der Waals surface area contributed by atoms with Crippen molar-refractivity contribution >= 4 is 17.2 Å². The number of pyridine rings is 1. The molecular weight excluding hydrogens is 753 g/mol. The topological polar surface area (TPSA) is 42.1 Å². The largest absolute Gasteiger partial charge is 0.371 e. The summed E-state index contributed by atoms with van der Waals surface area (Å²) in [6.07, 6.45) is 9.84. The lowest BCUT2D eigenvalue weighted by atomic mass is 9.95. The zero-order chi connectivity index (χ0) is 41.5. The molecule has 6 aliphatic heterocycles. The lowest BCUT2D eigenvalue weighted by Gasteiger charge is -2.47. The molecule has 2 aromatic carbocycles. The quantitative estimate of drug-likeness (QED) is 0.216. The van der Waals surface area contributed by atoms with Gasteiger partial charge in [-0.3, -0.25) is 14.7 Å². The number of aryl methyl sites for hydroxylation is 1. The van der Waals surface area contributed by atoms with E-state index in [0.717, 1.165) is 102 Å². The highest BCUT2D eigenvalue weighted by Gasteiger charge is 2.34. The van der Waals surface area contributed by atoms with Gasteiger partial charge in [-0.1, -0.05) is 35.9 Å². The van der Waals surface area contributed by atoms with Gasteiger partial charge in [-0.05, 0) is 139 Å². The number of nitrogens with zero attached hydrogens (tertiary/aromatic N) is 10. The molecular formula is C51H78N10. The first-order valence-electron chi connectivity index (χ1n) is 24.5. The molecule has 0 amide bonds. The van der Waals surface area contributed by atoms with Crippen molar-refractivity contribution < 1.29 is 0 Å². The summed E-state index contributed by atoms with van der Waals surface area (Å²) in [5.74, 6) is 3.64. The van der Waals surface area contributed by atoms with Crippen LogP contribution in [0.5, 0.6) is 0 Å². The van der Waals surface area contributed by atoms with Crippen LogP contribution in [0, 0.1) is 24.7 Å². The molecule has 61 heavy (non-hydrogen) atoms. The van der Waals surface area contributed by atoms with Crippen LogP contribution in [0.1, 0.15) is 42.4 Å². The second kappa shape index (κ2) is 20.5. The Morgan fingerprint density at radius 2 is 1.15 bits per heavy atom. The van der Waals surface area contributed by atoms with Gasteiger partial charge in [0.15, 0.2) is 0 Å². The maximum Gasteiger partial charge on any atom is 0.128 e. The van der Waals surface area contributed by atoms with E-state index in [-0.39, 0.29) is 0 Å². The maximum atomic E-state index is 5.11. The fourth-order valence-electron chi connectivity index (χ4n) is 11.3. The number of aromatic nitrogens is 1. The van der Waals surface area contributed by atoms with E-state index >= 15 is 0 Å². The summed E-state index contributed by atoms with van der Waals surface area (Å²) in [7, 11) is 4.54. The molecule has 332 valence electrons. The average Bonchev–Trinajstić information content (AvgIpc) is 3.27. The van der Waals surface area contributed by atoms with E-state index in [1.807, 2.05) is 0 Å². The monoisotopic (exact) mass is 831 g/mol. The fourth-order valence-corrected chi connectivity index (χ4v) is 11.3. The summed E-state index contributed by atoms with van der Waals surface area (Å²) < 4.78 is 0. The van der Waals surface area contributed by atoms with Gasteiger partial charge in [-0.25, -0.2) is 4.98 Å². The number of likely N-dealkylation sites (tertiary alicyclic amines) is 2. The van der Waals surface area contributed by atoms with Gasteiger partial charge in [-0.2, -0.15) is 0 Å². The number of piperidine rings is 2. The summed E-state index contributed by atoms with van der Waals surface area (Å²) in [6.45, 7) is 27.1. The van der Waals surface area contributed by atoms with E-state index in [1.165, 1.54) is 126 Å². The van der Waals surface area contributed by atoms with Gasteiger partial charge >= 0.3 is 0 Å². The Balaban J connectivity index is 0.777. The zero-order valence-corrected chi connectivity index (χ0v) is 38.2. The Hall–Kier alpha value is -3.25. The van der Waals surface area contributed by atoms with Crippen LogP contribution >= 0.6 is 0 Å². The zero-order valence-electron chi connectivity index (χ0n) is 38.2. The predicted molar refractivity (Wildman–Crippen MR) is 255 cm³/mol. The number of benzene rings is 2. The summed E-state index contributed by atoms with van der Waals surface area (Å²) >= 11 is 0. The smallest absolute Gasteiger partial charge is 0.128 e. The highest BCUT2D eigenvalue weighted by Crippen LogP contribution is 2.28. The normalized spacial score (nSPS) is 24.4. The van der Waals surface area contributed by atoms with E-state index < -0.39 is 0 Å². The third-order valence-corrected chi connectivity index (χ3v) is 15.6. The van der Waals surface area contributed by atoms with Crippen LogP contribution in [-0.2, 0) is 12.8 Å². The molecule has 10 heteroatoms. The second-order valence-electron chi connectivity index (χ2n) is 20.3. The van der Waals surface area contributed by atoms with Crippen LogP contribution < -0.4 is 14.7 Å². The molecule has 3 aromatic rings. The van der Waals surface area contributed by atoms with Crippen molar-refractivity contribution in [3.8, 4) is 0 Å². The summed E-state index contributed by atoms with van der Waals surface area (Å²) in [4.78, 5) is 28.9. The van der Waals surface area contributed by atoms with Gasteiger partial charge in [0, 0.05) is 141 Å². The SMILES string of the molecule is Cc1ccc(N2CC(CN3CCN(CCc4cccc(N5CCN(CC6CCN(C)CC6)CC5)c4)CC3Cc3ccc(N4CCN(CC5CCN(C)CC5)CC4)nc3)C2)cc1. The van der Waals surface area contributed by atoms with Gasteiger partial charge < -0.3 is 29.4 Å². The molecule has 6 aliphatic rings. The van der Waals surface area contributed by atoms with E-state index in [4.69, 9.17) is 4.98 Å². The Bertz CT molecular complexity index is 1770. The third-order valence-electron chi connectivity index (χ3n) is 15.6. The number of hydrogen-bond acceptors (Lipinski definition) is 10. The van der Waals surface area contributed by atoms with Crippen molar-refractivity contribution in [3.63, 3.8) is 0 Å². The first-order chi connectivity index (χ1) is 29.8. The first-order valence-corrected chi connectivity index (χ1v) is 24.5. The molecule has 10 nitrogen and oxygen atoms in total. The second-order valence-corrected chi connectivity index (χ2v) is 20.3. The molecule has 9 rings (SSSR count). The van der Waals surface area contributed by atoms with Crippen LogP contribution in [-0.4, -0.2) is 192 Å². The minimum absolute atomic E-state index is 0.509. The summed E-state index contributed by atoms with van der Waals surface area (Å²) in [5, 5.41) is 0. The van der Waals surface area contributed by atoms with Crippen LogP contribution in [0.2, 0.25) is 0 Å². The number of hydrogen-bond donors (Lipinski definition) is 0. The minimum Gasteiger partial charge on any atom is -0.371 e. The fraction of sp³-hybridized carbons (Fsp3) is 0.667. The van der Waals surface area contributed by atoms with E-state index in [9.17, 15) is 0 Å². The lowest BCUT2D eigenvalue weighted by molar-refractivity contribution is 0.0581. The number of anilines is 3. The van der Waals surface area contributed by atoms with Crippen LogP contribution in [0.25, 0.3) is 0 Å². The van der Waals surface area contributed by atoms with Crippen molar-refractivity contribution in [1.82, 2.24) is 34.4 Å². The van der Waals surface area contributed by atoms with Crippen LogP contribution in [0.3, 0.4) is 0 Å². The molecule has 0 spiro atoms. The molecule has 0 N–H and O–H groups in total. The minimum atomic E-state index is 0.509. The predicted octanol–water partition coefficient (Wildman–Crippen LogP) is 5.23. The molecule has 0 saturated carbocycles. The van der Waals surface area contributed by atoms with Crippen molar-refractivity contribution in [1.29, 1.82) is 0 Å². The van der Waals surface area contributed by atoms with Crippen molar-refractivity contribution in [2.24, 2.45) is 17.8 Å². The molecule has 1 atom stereocenters. The van der Waals surface area contributed by atoms with Crippen molar-refractivity contribution in [3.05, 3.63) is 83.6 Å². The van der Waals surface area contributed by atoms with Crippen LogP contribution in [0.4, 0.5) is 17.2 Å². The van der Waals surface area contributed by atoms with Gasteiger partial charge in [0.25, 0.3) is 0 Å². The van der Waals surface area contributed by atoms with Crippen molar-refractivity contribution in [2.45, 2.75) is 51.5 Å². The average molecular weight is 831 g/mol. The van der Waals surface area contributed by atoms with E-state index in [0.29, 0.717) is 6.04 Å². The molecule has 0 aliphatic carbocycles. The molecule has 1 aromatic heterocycles. The Morgan fingerprint density at radius 1 is 0.525 bits per heavy atom. The van der Waals surface area contributed by atoms with E-state index in [1.54, 1.807) is 0 Å². The molecule has 6 fully saturated rings. The molecule has 0 radical (unpaired) electrons. The maximum absolute atomic E-state index is 5.11. The highest BCUT2D eigenvalue weighted by molar-refractivity contribution is 5.50. The first kappa shape index (κ1) is 43.0.